The van der Waals surface area contributed by atoms with Gasteiger partial charge < -0.3 is 15.2 Å². The third-order valence-corrected chi connectivity index (χ3v) is 2.56. The number of carboxylic acid groups (broad SMARTS) is 1. The van der Waals surface area contributed by atoms with E-state index in [1.165, 1.54) is 13.3 Å². The van der Waals surface area contributed by atoms with Crippen LogP contribution in [0.3, 0.4) is 0 Å². The molecule has 1 amide bonds. The van der Waals surface area contributed by atoms with Gasteiger partial charge in [0.05, 0.1) is 17.1 Å². The first-order valence-corrected chi connectivity index (χ1v) is 5.49. The van der Waals surface area contributed by atoms with E-state index >= 15 is 0 Å². The number of aryl methyl sites for hydroxylation is 1. The molecule has 0 fully saturated rings. The van der Waals surface area contributed by atoms with Crippen molar-refractivity contribution in [2.45, 2.75) is 13.0 Å². The molecule has 0 radical (unpaired) electrons. The van der Waals surface area contributed by atoms with Gasteiger partial charge in [-0.25, -0.2) is 4.79 Å². The molecule has 1 aromatic rings. The zero-order valence-corrected chi connectivity index (χ0v) is 10.7. The van der Waals surface area contributed by atoms with Gasteiger partial charge in [-0.3, -0.25) is 9.78 Å². The van der Waals surface area contributed by atoms with Crippen LogP contribution >= 0.6 is 11.6 Å². The van der Waals surface area contributed by atoms with E-state index in [1.807, 2.05) is 0 Å². The van der Waals surface area contributed by atoms with Crippen LogP contribution < -0.4 is 5.32 Å². The fraction of sp³-hybridized carbons (Fsp3) is 0.364. The number of aromatic nitrogens is 1. The molecule has 0 saturated heterocycles. The Kier molecular flexibility index (Phi) is 5.06. The summed E-state index contributed by atoms with van der Waals surface area (Å²) in [6.07, 6.45) is 0.251. The van der Waals surface area contributed by atoms with Gasteiger partial charge in [-0.05, 0) is 13.0 Å². The van der Waals surface area contributed by atoms with Crippen LogP contribution in [0.2, 0.25) is 5.02 Å². The van der Waals surface area contributed by atoms with E-state index in [9.17, 15) is 9.59 Å². The molecule has 1 heterocycles. The Labute approximate surface area is 109 Å². The molecular weight excluding hydrogens is 260 g/mol. The highest BCUT2D eigenvalue weighted by molar-refractivity contribution is 6.33. The van der Waals surface area contributed by atoms with Crippen molar-refractivity contribution < 1.29 is 19.4 Å². The van der Waals surface area contributed by atoms with Crippen molar-refractivity contribution in [3.05, 3.63) is 28.5 Å². The van der Waals surface area contributed by atoms with Crippen LogP contribution in [0.4, 0.5) is 0 Å². The minimum absolute atomic E-state index is 0.144. The Hall–Kier alpha value is -1.66. The predicted octanol–water partition coefficient (Wildman–Crippen LogP) is 0.873. The molecule has 18 heavy (non-hydrogen) atoms. The van der Waals surface area contributed by atoms with E-state index in [0.717, 1.165) is 0 Å². The van der Waals surface area contributed by atoms with E-state index in [2.05, 4.69) is 15.0 Å². The van der Waals surface area contributed by atoms with Crippen molar-refractivity contribution in [2.75, 3.05) is 13.7 Å². The fourth-order valence-corrected chi connectivity index (χ4v) is 1.54. The molecule has 1 rings (SSSR count). The minimum atomic E-state index is -1.15. The molecule has 0 aliphatic carbocycles. The Morgan fingerprint density at radius 3 is 2.78 bits per heavy atom. The summed E-state index contributed by atoms with van der Waals surface area (Å²) >= 11 is 5.89. The second kappa shape index (κ2) is 6.32. The summed E-state index contributed by atoms with van der Waals surface area (Å²) in [6.45, 7) is 1.60. The molecule has 0 spiro atoms. The molecule has 1 aromatic heterocycles. The smallest absolute Gasteiger partial charge is 0.334 e. The number of aliphatic carboxylic acids is 1. The van der Waals surface area contributed by atoms with Crippen molar-refractivity contribution in [1.82, 2.24) is 10.3 Å². The van der Waals surface area contributed by atoms with Crippen molar-refractivity contribution in [3.8, 4) is 0 Å². The fourth-order valence-electron chi connectivity index (χ4n) is 1.25. The number of carbonyl (C=O) groups is 2. The first kappa shape index (κ1) is 14.4. The average Bonchev–Trinajstić information content (AvgIpc) is 2.28. The number of amides is 1. The summed E-state index contributed by atoms with van der Waals surface area (Å²) in [6, 6.07) is 1.56. The summed E-state index contributed by atoms with van der Waals surface area (Å²) in [4.78, 5) is 26.4. The molecule has 1 unspecified atom stereocenters. The predicted molar refractivity (Wildman–Crippen MR) is 64.8 cm³/mol. The van der Waals surface area contributed by atoms with Crippen LogP contribution in [-0.4, -0.2) is 41.7 Å². The topological polar surface area (TPSA) is 88.5 Å². The SMILES string of the molecule is COC(CNC(=O)c1cnc(C)cc1Cl)C(=O)O. The first-order valence-electron chi connectivity index (χ1n) is 5.11. The normalized spacial score (nSPS) is 11.9. The lowest BCUT2D eigenvalue weighted by Crippen LogP contribution is -2.38. The van der Waals surface area contributed by atoms with E-state index < -0.39 is 18.0 Å². The molecule has 1 atom stereocenters. The lowest BCUT2D eigenvalue weighted by Gasteiger charge is -2.12. The van der Waals surface area contributed by atoms with E-state index in [-0.39, 0.29) is 17.1 Å². The second-order valence-electron chi connectivity index (χ2n) is 3.58. The number of carboxylic acids is 1. The van der Waals surface area contributed by atoms with Gasteiger partial charge in [-0.15, -0.1) is 0 Å². The van der Waals surface area contributed by atoms with Gasteiger partial charge in [0, 0.05) is 19.0 Å². The van der Waals surface area contributed by atoms with Gasteiger partial charge >= 0.3 is 5.97 Å². The van der Waals surface area contributed by atoms with Gasteiger partial charge in [-0.1, -0.05) is 11.6 Å². The Balaban J connectivity index is 2.68. The standard InChI is InChI=1S/C11H13ClN2O4/c1-6-3-8(12)7(4-13-6)10(15)14-5-9(18-2)11(16)17/h3-4,9H,5H2,1-2H3,(H,14,15)(H,16,17). The van der Waals surface area contributed by atoms with Gasteiger partial charge in [0.15, 0.2) is 6.10 Å². The number of pyridine rings is 1. The summed E-state index contributed by atoms with van der Waals surface area (Å²) in [7, 11) is 1.26. The van der Waals surface area contributed by atoms with Crippen LogP contribution in [-0.2, 0) is 9.53 Å². The highest BCUT2D eigenvalue weighted by Gasteiger charge is 2.18. The van der Waals surface area contributed by atoms with Crippen LogP contribution in [0.1, 0.15) is 16.1 Å². The lowest BCUT2D eigenvalue weighted by atomic mass is 10.2. The number of carbonyl (C=O) groups excluding carboxylic acids is 1. The lowest BCUT2D eigenvalue weighted by molar-refractivity contribution is -0.148. The zero-order chi connectivity index (χ0) is 13.7. The first-order chi connectivity index (χ1) is 8.45. The van der Waals surface area contributed by atoms with E-state index in [0.29, 0.717) is 5.69 Å². The summed E-state index contributed by atoms with van der Waals surface area (Å²) < 4.78 is 4.68. The number of hydrogen-bond donors (Lipinski definition) is 2. The monoisotopic (exact) mass is 272 g/mol. The summed E-state index contributed by atoms with van der Waals surface area (Å²) in [5, 5.41) is 11.4. The maximum atomic E-state index is 11.7. The number of ether oxygens (including phenoxy) is 1. The third kappa shape index (κ3) is 3.68. The zero-order valence-electron chi connectivity index (χ0n) is 9.94. The highest BCUT2D eigenvalue weighted by atomic mass is 35.5. The minimum Gasteiger partial charge on any atom is -0.479 e. The van der Waals surface area contributed by atoms with Crippen molar-refractivity contribution >= 4 is 23.5 Å². The van der Waals surface area contributed by atoms with Gasteiger partial charge in [0.1, 0.15) is 0 Å². The molecule has 7 heteroatoms. The van der Waals surface area contributed by atoms with E-state index in [1.54, 1.807) is 13.0 Å². The molecule has 0 aliphatic rings. The second-order valence-corrected chi connectivity index (χ2v) is 3.99. The Morgan fingerprint density at radius 1 is 1.61 bits per heavy atom. The number of halogens is 1. The van der Waals surface area contributed by atoms with Crippen molar-refractivity contribution in [2.24, 2.45) is 0 Å². The largest absolute Gasteiger partial charge is 0.479 e. The number of rotatable bonds is 5. The van der Waals surface area contributed by atoms with Gasteiger partial charge in [0.25, 0.3) is 5.91 Å². The molecular formula is C11H13ClN2O4. The van der Waals surface area contributed by atoms with Crippen LogP contribution in [0.5, 0.6) is 0 Å². The van der Waals surface area contributed by atoms with E-state index in [4.69, 9.17) is 16.7 Å². The number of hydrogen-bond acceptors (Lipinski definition) is 4. The van der Waals surface area contributed by atoms with Crippen LogP contribution in [0.15, 0.2) is 12.3 Å². The number of nitrogens with zero attached hydrogens (tertiary/aromatic N) is 1. The molecule has 0 bridgehead atoms. The number of nitrogens with one attached hydrogen (secondary N) is 1. The molecule has 2 N–H and O–H groups in total. The van der Waals surface area contributed by atoms with Crippen molar-refractivity contribution in [1.29, 1.82) is 0 Å². The van der Waals surface area contributed by atoms with Gasteiger partial charge in [-0.2, -0.15) is 0 Å². The molecule has 0 aliphatic heterocycles. The highest BCUT2D eigenvalue weighted by Crippen LogP contribution is 2.15. The summed E-state index contributed by atoms with van der Waals surface area (Å²) in [5.41, 5.74) is 0.888. The molecule has 6 nitrogen and oxygen atoms in total. The summed E-state index contributed by atoms with van der Waals surface area (Å²) in [5.74, 6) is -1.64. The maximum Gasteiger partial charge on any atom is 0.334 e. The maximum absolute atomic E-state index is 11.7. The molecule has 98 valence electrons. The van der Waals surface area contributed by atoms with Gasteiger partial charge in [0.2, 0.25) is 0 Å². The number of methoxy groups -OCH3 is 1. The van der Waals surface area contributed by atoms with Crippen LogP contribution in [0, 0.1) is 6.92 Å². The Bertz CT molecular complexity index is 464. The van der Waals surface area contributed by atoms with Crippen molar-refractivity contribution in [3.63, 3.8) is 0 Å². The molecule has 0 saturated carbocycles. The van der Waals surface area contributed by atoms with Crippen LogP contribution in [0.25, 0.3) is 0 Å². The Morgan fingerprint density at radius 2 is 2.28 bits per heavy atom. The molecule has 0 aromatic carbocycles. The average molecular weight is 273 g/mol. The third-order valence-electron chi connectivity index (χ3n) is 2.24. The quantitative estimate of drug-likeness (QED) is 0.830.